The first-order valence-corrected chi connectivity index (χ1v) is 4.75. The molecule has 0 radical (unpaired) electrons. The van der Waals surface area contributed by atoms with E-state index in [9.17, 15) is 4.79 Å². The molecule has 13 heavy (non-hydrogen) atoms. The zero-order chi connectivity index (χ0) is 9.84. The number of carbonyl (C=O) groups is 1. The molecule has 1 N–H and O–H groups in total. The van der Waals surface area contributed by atoms with Crippen molar-refractivity contribution in [1.82, 2.24) is 5.32 Å². The summed E-state index contributed by atoms with van der Waals surface area (Å²) in [7, 11) is 0. The van der Waals surface area contributed by atoms with Crippen molar-refractivity contribution < 1.29 is 4.79 Å². The number of amides is 1. The molecule has 0 saturated carbocycles. The maximum Gasteiger partial charge on any atom is 0.265 e. The monoisotopic (exact) mass is 306 g/mol. The van der Waals surface area contributed by atoms with Crippen molar-refractivity contribution in [3.63, 3.8) is 0 Å². The van der Waals surface area contributed by atoms with Crippen molar-refractivity contribution in [2.45, 2.75) is 0 Å². The number of benzene rings is 1. The summed E-state index contributed by atoms with van der Waals surface area (Å²) < 4.78 is 0.759. The third-order valence-electron chi connectivity index (χ3n) is 1.34. The Hall–Kier alpha value is -0.800. The van der Waals surface area contributed by atoms with E-state index in [2.05, 4.69) is 0 Å². The summed E-state index contributed by atoms with van der Waals surface area (Å²) in [6.45, 7) is 0. The molecule has 0 fully saturated rings. The predicted octanol–water partition coefficient (Wildman–Crippen LogP) is 2.16. The fraction of sp³-hybridized carbons (Fsp3) is 0. The summed E-state index contributed by atoms with van der Waals surface area (Å²) in [5.41, 5.74) is 0.412. The van der Waals surface area contributed by atoms with E-state index in [4.69, 9.17) is 16.9 Å². The van der Waals surface area contributed by atoms with Crippen LogP contribution in [0.15, 0.2) is 18.2 Å². The third-order valence-corrected chi connectivity index (χ3v) is 2.52. The zero-order valence-corrected chi connectivity index (χ0v) is 9.26. The van der Waals surface area contributed by atoms with E-state index >= 15 is 0 Å². The van der Waals surface area contributed by atoms with Gasteiger partial charge < -0.3 is 0 Å². The Balaban J connectivity index is 3.07. The molecule has 3 nitrogen and oxygen atoms in total. The largest absolute Gasteiger partial charge is 0.268 e. The highest BCUT2D eigenvalue weighted by molar-refractivity contribution is 14.1. The number of rotatable bonds is 1. The molecule has 66 valence electrons. The topological polar surface area (TPSA) is 52.9 Å². The molecule has 0 aliphatic heterocycles. The Morgan fingerprint density at radius 1 is 1.62 bits per heavy atom. The van der Waals surface area contributed by atoms with E-state index in [0.29, 0.717) is 10.6 Å². The summed E-state index contributed by atoms with van der Waals surface area (Å²) in [6, 6.07) is 4.93. The summed E-state index contributed by atoms with van der Waals surface area (Å²) in [5.74, 6) is -0.436. The van der Waals surface area contributed by atoms with E-state index in [1.165, 1.54) is 6.07 Å². The van der Waals surface area contributed by atoms with Crippen LogP contribution < -0.4 is 5.32 Å². The van der Waals surface area contributed by atoms with Crippen LogP contribution in [-0.2, 0) is 0 Å². The van der Waals surface area contributed by atoms with E-state index in [-0.39, 0.29) is 0 Å². The van der Waals surface area contributed by atoms with Crippen molar-refractivity contribution in [2.24, 2.45) is 0 Å². The summed E-state index contributed by atoms with van der Waals surface area (Å²) in [5, 5.41) is 10.7. The number of carbonyl (C=O) groups excluding carboxylic acids is 1. The van der Waals surface area contributed by atoms with Gasteiger partial charge >= 0.3 is 0 Å². The predicted molar refractivity (Wildman–Crippen MR) is 57.2 cm³/mol. The third kappa shape index (κ3) is 2.57. The molecule has 0 atom stereocenters. The smallest absolute Gasteiger partial charge is 0.265 e. The summed E-state index contributed by atoms with van der Waals surface area (Å²) in [6.07, 6.45) is 1.57. The average Bonchev–Trinajstić information content (AvgIpc) is 2.09. The molecule has 1 amide bonds. The van der Waals surface area contributed by atoms with Gasteiger partial charge in [0, 0.05) is 8.59 Å². The quantitative estimate of drug-likeness (QED) is 0.491. The number of hydrogen-bond acceptors (Lipinski definition) is 2. The van der Waals surface area contributed by atoms with Crippen molar-refractivity contribution in [3.05, 3.63) is 32.4 Å². The lowest BCUT2D eigenvalue weighted by Gasteiger charge is -2.01. The van der Waals surface area contributed by atoms with Crippen LogP contribution in [0.4, 0.5) is 0 Å². The van der Waals surface area contributed by atoms with Gasteiger partial charge in [-0.05, 0) is 40.8 Å². The van der Waals surface area contributed by atoms with Gasteiger partial charge in [0.25, 0.3) is 5.91 Å². The minimum atomic E-state index is -0.436. The first-order valence-electron chi connectivity index (χ1n) is 3.29. The molecule has 0 heterocycles. The molecular formula is C8H4ClIN2O. The van der Waals surface area contributed by atoms with Crippen LogP contribution in [0.25, 0.3) is 0 Å². The average molecular weight is 306 g/mol. The maximum atomic E-state index is 11.2. The van der Waals surface area contributed by atoms with Crippen LogP contribution in [-0.4, -0.2) is 5.91 Å². The molecule has 0 bridgehead atoms. The molecule has 1 aromatic rings. The molecule has 0 saturated heterocycles. The highest BCUT2D eigenvalue weighted by Crippen LogP contribution is 2.17. The van der Waals surface area contributed by atoms with Gasteiger partial charge in [0.2, 0.25) is 0 Å². The lowest BCUT2D eigenvalue weighted by Crippen LogP contribution is -2.18. The summed E-state index contributed by atoms with van der Waals surface area (Å²) >= 11 is 7.70. The standard InChI is InChI=1S/C8H4ClIN2O/c9-5-1-2-7(10)6(3-5)8(13)12-4-11/h1-3H,(H,12,13). The highest BCUT2D eigenvalue weighted by Gasteiger charge is 2.09. The second-order valence-electron chi connectivity index (χ2n) is 2.19. The van der Waals surface area contributed by atoms with E-state index in [1.54, 1.807) is 18.3 Å². The Morgan fingerprint density at radius 3 is 2.92 bits per heavy atom. The molecule has 0 aromatic heterocycles. The lowest BCUT2D eigenvalue weighted by atomic mass is 10.2. The summed E-state index contributed by atoms with van der Waals surface area (Å²) in [4.78, 5) is 11.2. The van der Waals surface area contributed by atoms with Gasteiger partial charge in [-0.25, -0.2) is 0 Å². The molecule has 0 aliphatic rings. The number of halogens is 2. The van der Waals surface area contributed by atoms with Gasteiger partial charge in [0.15, 0.2) is 6.19 Å². The Labute approximate surface area is 93.8 Å². The van der Waals surface area contributed by atoms with Crippen LogP contribution in [0.2, 0.25) is 5.02 Å². The van der Waals surface area contributed by atoms with Crippen LogP contribution >= 0.6 is 34.2 Å². The van der Waals surface area contributed by atoms with Crippen molar-refractivity contribution in [1.29, 1.82) is 5.26 Å². The molecule has 1 rings (SSSR count). The van der Waals surface area contributed by atoms with Crippen molar-refractivity contribution in [3.8, 4) is 6.19 Å². The second kappa shape index (κ2) is 4.44. The Morgan fingerprint density at radius 2 is 2.31 bits per heavy atom. The zero-order valence-electron chi connectivity index (χ0n) is 6.34. The van der Waals surface area contributed by atoms with E-state index in [1.807, 2.05) is 27.9 Å². The Kier molecular flexibility index (Phi) is 3.51. The SMILES string of the molecule is N#CNC(=O)c1cc(Cl)ccc1I. The fourth-order valence-electron chi connectivity index (χ4n) is 0.790. The minimum Gasteiger partial charge on any atom is -0.268 e. The molecule has 5 heteroatoms. The lowest BCUT2D eigenvalue weighted by molar-refractivity contribution is 0.0972. The van der Waals surface area contributed by atoms with Crippen LogP contribution in [0.5, 0.6) is 0 Å². The first-order chi connectivity index (χ1) is 6.15. The van der Waals surface area contributed by atoms with Crippen molar-refractivity contribution >= 4 is 40.1 Å². The number of hydrogen-bond donors (Lipinski definition) is 1. The van der Waals surface area contributed by atoms with Crippen LogP contribution in [0, 0.1) is 15.0 Å². The normalized spacial score (nSPS) is 9.00. The van der Waals surface area contributed by atoms with Gasteiger partial charge in [-0.15, -0.1) is 0 Å². The molecule has 0 aliphatic carbocycles. The number of nitrogens with zero attached hydrogens (tertiary/aromatic N) is 1. The molecule has 0 spiro atoms. The Bertz CT molecular complexity index is 386. The highest BCUT2D eigenvalue weighted by atomic mass is 127. The van der Waals surface area contributed by atoms with E-state index in [0.717, 1.165) is 3.57 Å². The van der Waals surface area contributed by atoms with Gasteiger partial charge in [-0.2, -0.15) is 5.26 Å². The fourth-order valence-corrected chi connectivity index (χ4v) is 1.54. The first kappa shape index (κ1) is 10.3. The van der Waals surface area contributed by atoms with Gasteiger partial charge in [0.05, 0.1) is 5.56 Å². The number of nitriles is 1. The minimum absolute atomic E-state index is 0.412. The van der Waals surface area contributed by atoms with Crippen molar-refractivity contribution in [2.75, 3.05) is 0 Å². The van der Waals surface area contributed by atoms with E-state index < -0.39 is 5.91 Å². The van der Waals surface area contributed by atoms with Crippen LogP contribution in [0.3, 0.4) is 0 Å². The van der Waals surface area contributed by atoms with Gasteiger partial charge in [-0.1, -0.05) is 11.6 Å². The second-order valence-corrected chi connectivity index (χ2v) is 3.79. The van der Waals surface area contributed by atoms with Gasteiger partial charge in [-0.3, -0.25) is 10.1 Å². The maximum absolute atomic E-state index is 11.2. The molecule has 1 aromatic carbocycles. The molecular weight excluding hydrogens is 302 g/mol. The van der Waals surface area contributed by atoms with Gasteiger partial charge in [0.1, 0.15) is 0 Å². The molecule has 0 unspecified atom stereocenters. The van der Waals surface area contributed by atoms with Crippen LogP contribution in [0.1, 0.15) is 10.4 Å². The number of nitrogens with one attached hydrogen (secondary N) is 1.